The number of ether oxygens (including phenoxy) is 1. The van der Waals surface area contributed by atoms with Gasteiger partial charge in [-0.2, -0.15) is 13.2 Å². The molecule has 180 valence electrons. The number of unbranched alkanes of at least 4 members (excludes halogenated alkanes) is 1. The largest absolute Gasteiger partial charge is 0.431 e. The zero-order chi connectivity index (χ0) is 23.4. The number of nitrogens with zero attached hydrogens (tertiary/aromatic N) is 2. The Morgan fingerprint density at radius 2 is 1.81 bits per heavy atom. The van der Waals surface area contributed by atoms with Gasteiger partial charge in [-0.1, -0.05) is 13.8 Å². The summed E-state index contributed by atoms with van der Waals surface area (Å²) in [5.74, 6) is -0.257. The van der Waals surface area contributed by atoms with Gasteiger partial charge in [-0.15, -0.1) is 0 Å². The van der Waals surface area contributed by atoms with Crippen molar-refractivity contribution in [2.75, 3.05) is 39.4 Å². The van der Waals surface area contributed by atoms with Gasteiger partial charge in [0.2, 0.25) is 0 Å². The van der Waals surface area contributed by atoms with Crippen molar-refractivity contribution in [2.45, 2.75) is 58.7 Å². The van der Waals surface area contributed by atoms with E-state index in [1.165, 1.54) is 0 Å². The van der Waals surface area contributed by atoms with E-state index in [1.54, 1.807) is 0 Å². The van der Waals surface area contributed by atoms with Crippen LogP contribution in [0.25, 0.3) is 0 Å². The molecular formula is C23H34F3N3O3. The Hall–Kier alpha value is -1.87. The smallest absolute Gasteiger partial charge is 0.381 e. The molecule has 0 saturated carbocycles. The maximum absolute atomic E-state index is 13.5. The van der Waals surface area contributed by atoms with Crippen molar-refractivity contribution in [3.8, 4) is 0 Å². The molecule has 2 saturated heterocycles. The second-order valence-electron chi connectivity index (χ2n) is 9.56. The predicted octanol–water partition coefficient (Wildman–Crippen LogP) is 3.54. The lowest BCUT2D eigenvalue weighted by atomic mass is 9.73. The van der Waals surface area contributed by atoms with E-state index in [0.717, 1.165) is 64.2 Å². The SMILES string of the molecule is CC(C)CCNC(=O)c1ccc(C(F)(F)F)n(CCCCN2CC3(CCOCC3)C2)c1=O. The van der Waals surface area contributed by atoms with Gasteiger partial charge in [0.05, 0.1) is 0 Å². The number of hydrogen-bond acceptors (Lipinski definition) is 4. The van der Waals surface area contributed by atoms with E-state index < -0.39 is 23.3 Å². The van der Waals surface area contributed by atoms with Crippen LogP contribution in [0, 0.1) is 11.3 Å². The zero-order valence-corrected chi connectivity index (χ0v) is 19.0. The van der Waals surface area contributed by atoms with Gasteiger partial charge in [-0.25, -0.2) is 0 Å². The van der Waals surface area contributed by atoms with Crippen LogP contribution in [-0.2, 0) is 17.5 Å². The highest BCUT2D eigenvalue weighted by Crippen LogP contribution is 2.39. The first-order valence-electron chi connectivity index (χ1n) is 11.5. The molecule has 2 aliphatic rings. The summed E-state index contributed by atoms with van der Waals surface area (Å²) in [5, 5.41) is 2.63. The van der Waals surface area contributed by atoms with Crippen molar-refractivity contribution >= 4 is 5.91 Å². The summed E-state index contributed by atoms with van der Waals surface area (Å²) in [4.78, 5) is 27.4. The molecule has 1 N–H and O–H groups in total. The third-order valence-corrected chi connectivity index (χ3v) is 6.49. The first kappa shape index (κ1) is 24.8. The molecule has 1 aromatic heterocycles. The molecule has 0 unspecified atom stereocenters. The molecule has 9 heteroatoms. The number of carbonyl (C=O) groups excluding carboxylic acids is 1. The summed E-state index contributed by atoms with van der Waals surface area (Å²) in [6.07, 6.45) is -0.654. The molecule has 6 nitrogen and oxygen atoms in total. The lowest BCUT2D eigenvalue weighted by Crippen LogP contribution is -2.58. The zero-order valence-electron chi connectivity index (χ0n) is 19.0. The highest BCUT2D eigenvalue weighted by Gasteiger charge is 2.43. The van der Waals surface area contributed by atoms with E-state index in [9.17, 15) is 22.8 Å². The van der Waals surface area contributed by atoms with Crippen LogP contribution < -0.4 is 10.9 Å². The molecule has 0 aromatic carbocycles. The highest BCUT2D eigenvalue weighted by molar-refractivity contribution is 5.93. The molecule has 1 spiro atoms. The van der Waals surface area contributed by atoms with Crippen LogP contribution >= 0.6 is 0 Å². The number of likely N-dealkylation sites (tertiary alicyclic amines) is 1. The fourth-order valence-electron chi connectivity index (χ4n) is 4.58. The standard InChI is InChI=1S/C23H34F3N3O3/c1-17(2)7-10-27-20(30)18-5-6-19(23(24,25)26)29(21(18)31)12-4-3-11-28-15-22(16-28)8-13-32-14-9-22/h5-6,17H,3-4,7-16H2,1-2H3,(H,27,30). The van der Waals surface area contributed by atoms with Crippen LogP contribution in [0.15, 0.2) is 16.9 Å². The second kappa shape index (κ2) is 10.4. The van der Waals surface area contributed by atoms with Crippen LogP contribution in [0.2, 0.25) is 0 Å². The fraction of sp³-hybridized carbons (Fsp3) is 0.739. The first-order valence-corrected chi connectivity index (χ1v) is 11.5. The van der Waals surface area contributed by atoms with Crippen molar-refractivity contribution in [3.05, 3.63) is 33.7 Å². The normalized spacial score (nSPS) is 18.7. The minimum Gasteiger partial charge on any atom is -0.381 e. The second-order valence-corrected chi connectivity index (χ2v) is 9.56. The van der Waals surface area contributed by atoms with Crippen LogP contribution in [0.3, 0.4) is 0 Å². The summed E-state index contributed by atoms with van der Waals surface area (Å²) in [6, 6.07) is 1.82. The molecule has 1 aromatic rings. The number of nitrogens with one attached hydrogen (secondary N) is 1. The van der Waals surface area contributed by atoms with Gasteiger partial charge in [-0.3, -0.25) is 9.59 Å². The van der Waals surface area contributed by atoms with E-state index in [0.29, 0.717) is 35.3 Å². The third kappa shape index (κ3) is 6.13. The summed E-state index contributed by atoms with van der Waals surface area (Å²) >= 11 is 0. The van der Waals surface area contributed by atoms with Crippen LogP contribution in [0.4, 0.5) is 13.2 Å². The topological polar surface area (TPSA) is 63.6 Å². The third-order valence-electron chi connectivity index (χ3n) is 6.49. The van der Waals surface area contributed by atoms with E-state index in [-0.39, 0.29) is 12.1 Å². The minimum absolute atomic E-state index is 0.0619. The Balaban J connectivity index is 1.58. The molecule has 2 aliphatic heterocycles. The van der Waals surface area contributed by atoms with Crippen molar-refractivity contribution < 1.29 is 22.7 Å². The molecule has 32 heavy (non-hydrogen) atoms. The van der Waals surface area contributed by atoms with Gasteiger partial charge >= 0.3 is 6.18 Å². The van der Waals surface area contributed by atoms with Crippen LogP contribution in [0.1, 0.15) is 62.0 Å². The van der Waals surface area contributed by atoms with E-state index in [2.05, 4.69) is 10.2 Å². The Morgan fingerprint density at radius 3 is 2.44 bits per heavy atom. The Bertz CT molecular complexity index is 837. The van der Waals surface area contributed by atoms with E-state index in [1.807, 2.05) is 13.8 Å². The van der Waals surface area contributed by atoms with Crippen molar-refractivity contribution in [2.24, 2.45) is 11.3 Å². The quantitative estimate of drug-likeness (QED) is 0.577. The lowest BCUT2D eigenvalue weighted by molar-refractivity contribution is -0.144. The molecule has 0 bridgehead atoms. The molecule has 3 heterocycles. The van der Waals surface area contributed by atoms with Gasteiger partial charge in [0.1, 0.15) is 11.3 Å². The Morgan fingerprint density at radius 1 is 1.16 bits per heavy atom. The van der Waals surface area contributed by atoms with Crippen LogP contribution in [-0.4, -0.2) is 54.8 Å². The number of hydrogen-bond donors (Lipinski definition) is 1. The van der Waals surface area contributed by atoms with Gasteiger partial charge in [0.25, 0.3) is 11.5 Å². The Labute approximate surface area is 187 Å². The fourth-order valence-corrected chi connectivity index (χ4v) is 4.58. The molecular weight excluding hydrogens is 423 g/mol. The van der Waals surface area contributed by atoms with E-state index in [4.69, 9.17) is 4.74 Å². The number of amides is 1. The van der Waals surface area contributed by atoms with Gasteiger partial charge in [0, 0.05) is 44.8 Å². The summed E-state index contributed by atoms with van der Waals surface area (Å²) < 4.78 is 46.6. The molecule has 3 rings (SSSR count). The first-order chi connectivity index (χ1) is 15.1. The molecule has 0 atom stereocenters. The summed E-state index contributed by atoms with van der Waals surface area (Å²) in [7, 11) is 0. The van der Waals surface area contributed by atoms with Crippen molar-refractivity contribution in [1.29, 1.82) is 0 Å². The molecule has 1 amide bonds. The summed E-state index contributed by atoms with van der Waals surface area (Å²) in [5.41, 5.74) is -1.78. The van der Waals surface area contributed by atoms with Crippen molar-refractivity contribution in [1.82, 2.24) is 14.8 Å². The maximum atomic E-state index is 13.5. The average molecular weight is 458 g/mol. The maximum Gasteiger partial charge on any atom is 0.431 e. The number of carbonyl (C=O) groups is 1. The number of alkyl halides is 3. The molecule has 2 fully saturated rings. The van der Waals surface area contributed by atoms with E-state index >= 15 is 0 Å². The van der Waals surface area contributed by atoms with Gasteiger partial charge in [-0.05, 0) is 56.7 Å². The average Bonchev–Trinajstić information content (AvgIpc) is 2.70. The lowest BCUT2D eigenvalue weighted by Gasteiger charge is -2.52. The number of pyridine rings is 1. The minimum atomic E-state index is -4.65. The van der Waals surface area contributed by atoms with Gasteiger partial charge < -0.3 is 19.5 Å². The Kier molecular flexibility index (Phi) is 8.03. The van der Waals surface area contributed by atoms with Crippen molar-refractivity contribution in [3.63, 3.8) is 0 Å². The molecule has 0 aliphatic carbocycles. The van der Waals surface area contributed by atoms with Gasteiger partial charge in [0.15, 0.2) is 0 Å². The molecule has 0 radical (unpaired) electrons. The van der Waals surface area contributed by atoms with Crippen LogP contribution in [0.5, 0.6) is 0 Å². The number of aromatic nitrogens is 1. The number of halogens is 3. The monoisotopic (exact) mass is 457 g/mol. The number of rotatable bonds is 9. The highest BCUT2D eigenvalue weighted by atomic mass is 19.4. The predicted molar refractivity (Wildman–Crippen MR) is 116 cm³/mol. The summed E-state index contributed by atoms with van der Waals surface area (Å²) in [6.45, 7) is 8.74.